The number of benzene rings is 1. The van der Waals surface area contributed by atoms with Gasteiger partial charge in [0, 0.05) is 5.56 Å². The number of hydrogen-bond donors (Lipinski definition) is 1. The molecule has 0 aliphatic rings. The molecule has 2 atom stereocenters. The standard InChI is InChI=1S/C10H7BrF2NO3PS/c11-8-7(5-1-3-6(12)4-2-5)14-10(19-8)9(13)17-18(15)16/h1-4,9,18H,(H,15,16). The summed E-state index contributed by atoms with van der Waals surface area (Å²) in [5.74, 6) is -0.388. The maximum atomic E-state index is 13.5. The summed E-state index contributed by atoms with van der Waals surface area (Å²) in [7, 11) is -3.38. The number of thiazole rings is 1. The molecule has 2 aromatic rings. The summed E-state index contributed by atoms with van der Waals surface area (Å²) < 4.78 is 41.4. The fourth-order valence-corrected chi connectivity index (χ4v) is 3.25. The van der Waals surface area contributed by atoms with E-state index < -0.39 is 14.6 Å². The van der Waals surface area contributed by atoms with Gasteiger partial charge in [-0.15, -0.1) is 11.3 Å². The van der Waals surface area contributed by atoms with Gasteiger partial charge in [-0.2, -0.15) is 0 Å². The van der Waals surface area contributed by atoms with Gasteiger partial charge in [0.1, 0.15) is 5.82 Å². The molecule has 9 heteroatoms. The van der Waals surface area contributed by atoms with Crippen molar-refractivity contribution < 1.29 is 22.8 Å². The first-order valence-corrected chi connectivity index (χ1v) is 7.80. The molecule has 0 fully saturated rings. The van der Waals surface area contributed by atoms with E-state index in [1.807, 2.05) is 0 Å². The quantitative estimate of drug-likeness (QED) is 0.825. The normalized spacial score (nSPS) is 14.3. The minimum Gasteiger partial charge on any atom is -0.326 e. The number of rotatable bonds is 4. The van der Waals surface area contributed by atoms with E-state index in [2.05, 4.69) is 25.4 Å². The van der Waals surface area contributed by atoms with Crippen LogP contribution in [0.3, 0.4) is 0 Å². The molecule has 2 rings (SSSR count). The van der Waals surface area contributed by atoms with Gasteiger partial charge in [-0.05, 0) is 40.2 Å². The second-order valence-corrected chi connectivity index (χ2v) is 6.50. The van der Waals surface area contributed by atoms with E-state index in [4.69, 9.17) is 4.89 Å². The second-order valence-electron chi connectivity index (χ2n) is 3.38. The van der Waals surface area contributed by atoms with Crippen LogP contribution in [0.4, 0.5) is 8.78 Å². The molecule has 0 amide bonds. The van der Waals surface area contributed by atoms with Crippen LogP contribution in [-0.4, -0.2) is 9.88 Å². The minimum atomic E-state index is -3.38. The van der Waals surface area contributed by atoms with Gasteiger partial charge in [-0.1, -0.05) is 0 Å². The number of aromatic nitrogens is 1. The highest BCUT2D eigenvalue weighted by Crippen LogP contribution is 2.39. The SMILES string of the molecule is O=[PH](O)OC(F)c1nc(-c2ccc(F)cc2)c(Br)s1. The maximum absolute atomic E-state index is 13.5. The van der Waals surface area contributed by atoms with E-state index in [1.54, 1.807) is 0 Å². The van der Waals surface area contributed by atoms with Crippen LogP contribution in [0.1, 0.15) is 11.4 Å². The number of hydrogen-bond acceptors (Lipinski definition) is 4. The van der Waals surface area contributed by atoms with Gasteiger partial charge < -0.3 is 4.89 Å². The van der Waals surface area contributed by atoms with Crippen molar-refractivity contribution in [1.82, 2.24) is 4.98 Å². The Kier molecular flexibility index (Phi) is 4.81. The molecular weight excluding hydrogens is 363 g/mol. The Morgan fingerprint density at radius 2 is 2.05 bits per heavy atom. The van der Waals surface area contributed by atoms with Crippen LogP contribution in [0.5, 0.6) is 0 Å². The highest BCUT2D eigenvalue weighted by molar-refractivity contribution is 9.11. The predicted molar refractivity (Wildman–Crippen MR) is 71.4 cm³/mol. The van der Waals surface area contributed by atoms with Gasteiger partial charge in [-0.25, -0.2) is 13.8 Å². The minimum absolute atomic E-state index is 0.0846. The Morgan fingerprint density at radius 3 is 2.63 bits per heavy atom. The zero-order valence-corrected chi connectivity index (χ0v) is 12.5. The molecule has 1 N–H and O–H groups in total. The van der Waals surface area contributed by atoms with Crippen molar-refractivity contribution in [3.05, 3.63) is 38.9 Å². The van der Waals surface area contributed by atoms with Gasteiger partial charge >= 0.3 is 8.25 Å². The molecule has 0 saturated carbocycles. The molecular formula is C10H7BrF2NO3PS. The molecule has 0 aliphatic carbocycles. The van der Waals surface area contributed by atoms with E-state index in [-0.39, 0.29) is 10.8 Å². The molecule has 1 aromatic heterocycles. The van der Waals surface area contributed by atoms with Crippen LogP contribution in [0.25, 0.3) is 11.3 Å². The fraction of sp³-hybridized carbons (Fsp3) is 0.100. The highest BCUT2D eigenvalue weighted by Gasteiger charge is 2.20. The molecule has 0 bridgehead atoms. The van der Waals surface area contributed by atoms with Crippen molar-refractivity contribution in [3.63, 3.8) is 0 Å². The van der Waals surface area contributed by atoms with Gasteiger partial charge in [0.15, 0.2) is 5.01 Å². The number of alkyl halides is 1. The van der Waals surface area contributed by atoms with E-state index in [0.29, 0.717) is 15.0 Å². The first kappa shape index (κ1) is 14.7. The molecule has 0 spiro atoms. The van der Waals surface area contributed by atoms with Crippen LogP contribution in [0.15, 0.2) is 28.1 Å². The summed E-state index contributed by atoms with van der Waals surface area (Å²) in [4.78, 5) is 12.5. The highest BCUT2D eigenvalue weighted by atomic mass is 79.9. The van der Waals surface area contributed by atoms with Crippen LogP contribution >= 0.6 is 35.5 Å². The zero-order chi connectivity index (χ0) is 14.0. The van der Waals surface area contributed by atoms with E-state index in [1.165, 1.54) is 24.3 Å². The van der Waals surface area contributed by atoms with E-state index >= 15 is 0 Å². The third-order valence-electron chi connectivity index (χ3n) is 2.12. The third-order valence-corrected chi connectivity index (χ3v) is 4.25. The van der Waals surface area contributed by atoms with Crippen LogP contribution < -0.4 is 0 Å². The van der Waals surface area contributed by atoms with Crippen molar-refractivity contribution in [2.75, 3.05) is 0 Å². The predicted octanol–water partition coefficient (Wildman–Crippen LogP) is 4.08. The summed E-state index contributed by atoms with van der Waals surface area (Å²) in [5.41, 5.74) is 1.02. The van der Waals surface area contributed by atoms with Gasteiger partial charge in [-0.3, -0.25) is 9.09 Å². The summed E-state index contributed by atoms with van der Waals surface area (Å²) in [5, 5.41) is -0.0846. The Hall–Kier alpha value is -0.660. The van der Waals surface area contributed by atoms with E-state index in [0.717, 1.165) is 11.3 Å². The fourth-order valence-electron chi connectivity index (χ4n) is 1.34. The van der Waals surface area contributed by atoms with Crippen molar-refractivity contribution in [2.24, 2.45) is 0 Å². The average Bonchev–Trinajstić information content (AvgIpc) is 2.72. The molecule has 19 heavy (non-hydrogen) atoms. The Morgan fingerprint density at radius 1 is 1.42 bits per heavy atom. The lowest BCUT2D eigenvalue weighted by Crippen LogP contribution is -1.91. The van der Waals surface area contributed by atoms with Crippen molar-refractivity contribution >= 4 is 35.5 Å². The Balaban J connectivity index is 2.30. The average molecular weight is 370 g/mol. The molecule has 4 nitrogen and oxygen atoms in total. The molecule has 102 valence electrons. The second kappa shape index (κ2) is 6.19. The van der Waals surface area contributed by atoms with Crippen molar-refractivity contribution in [2.45, 2.75) is 6.36 Å². The third kappa shape index (κ3) is 3.67. The van der Waals surface area contributed by atoms with Crippen LogP contribution in [-0.2, 0) is 9.09 Å². The Bertz CT molecular complexity index is 607. The summed E-state index contributed by atoms with van der Waals surface area (Å²) in [6, 6.07) is 5.52. The zero-order valence-electron chi connectivity index (χ0n) is 9.14. The molecule has 1 aromatic carbocycles. The summed E-state index contributed by atoms with van der Waals surface area (Å²) in [6.45, 7) is 0. The number of nitrogens with zero attached hydrogens (tertiary/aromatic N) is 1. The van der Waals surface area contributed by atoms with Crippen molar-refractivity contribution in [1.29, 1.82) is 0 Å². The van der Waals surface area contributed by atoms with Gasteiger partial charge in [0.05, 0.1) is 9.48 Å². The molecule has 0 radical (unpaired) electrons. The monoisotopic (exact) mass is 369 g/mol. The summed E-state index contributed by atoms with van der Waals surface area (Å²) >= 11 is 4.16. The lowest BCUT2D eigenvalue weighted by atomic mass is 10.2. The molecule has 0 aliphatic heterocycles. The van der Waals surface area contributed by atoms with E-state index in [9.17, 15) is 13.3 Å². The lowest BCUT2D eigenvalue weighted by Gasteiger charge is -2.02. The van der Waals surface area contributed by atoms with Gasteiger partial charge in [0.2, 0.25) is 0 Å². The Labute approximate surface area is 120 Å². The molecule has 2 unspecified atom stereocenters. The van der Waals surface area contributed by atoms with Crippen molar-refractivity contribution in [3.8, 4) is 11.3 Å². The molecule has 1 heterocycles. The van der Waals surface area contributed by atoms with Crippen LogP contribution in [0, 0.1) is 5.82 Å². The van der Waals surface area contributed by atoms with Crippen LogP contribution in [0.2, 0.25) is 0 Å². The van der Waals surface area contributed by atoms with Gasteiger partial charge in [0.25, 0.3) is 6.36 Å². The topological polar surface area (TPSA) is 59.4 Å². The molecule has 0 saturated heterocycles. The largest absolute Gasteiger partial charge is 0.326 e. The summed E-state index contributed by atoms with van der Waals surface area (Å²) in [6.07, 6.45) is -2.06. The smallest absolute Gasteiger partial charge is 0.319 e. The lowest BCUT2D eigenvalue weighted by molar-refractivity contribution is 0.0634. The number of halogens is 3. The first-order chi connectivity index (χ1) is 8.97. The maximum Gasteiger partial charge on any atom is 0.319 e. The first-order valence-electron chi connectivity index (χ1n) is 4.93.